The van der Waals surface area contributed by atoms with E-state index >= 15 is 0 Å². The zero-order valence-electron chi connectivity index (χ0n) is 17.5. The van der Waals surface area contributed by atoms with Crippen molar-refractivity contribution in [1.29, 1.82) is 0 Å². The minimum atomic E-state index is -0.761. The zero-order chi connectivity index (χ0) is 22.1. The Balaban J connectivity index is 0.000000280. The first kappa shape index (κ1) is 22.5. The molecule has 1 heterocycles. The Hall–Kier alpha value is -3.18. The number of para-hydroxylation sites is 2. The molecule has 6 heteroatoms. The van der Waals surface area contributed by atoms with Gasteiger partial charge in [0.2, 0.25) is 0 Å². The van der Waals surface area contributed by atoms with Crippen molar-refractivity contribution in [2.75, 3.05) is 13.7 Å². The van der Waals surface area contributed by atoms with E-state index in [0.717, 1.165) is 23.7 Å². The minimum Gasteiger partial charge on any atom is -0.497 e. The maximum atomic E-state index is 12.2. The van der Waals surface area contributed by atoms with Crippen LogP contribution in [0.3, 0.4) is 0 Å². The number of carbonyl (C=O) groups excluding carboxylic acids is 1. The summed E-state index contributed by atoms with van der Waals surface area (Å²) in [6.45, 7) is 2.86. The van der Waals surface area contributed by atoms with Gasteiger partial charge in [0, 0.05) is 12.0 Å². The van der Waals surface area contributed by atoms with E-state index in [-0.39, 0.29) is 0 Å². The molecule has 0 saturated heterocycles. The lowest BCUT2D eigenvalue weighted by molar-refractivity contribution is -0.151. The van der Waals surface area contributed by atoms with Crippen molar-refractivity contribution in [3.63, 3.8) is 0 Å². The predicted molar refractivity (Wildman–Crippen MR) is 120 cm³/mol. The van der Waals surface area contributed by atoms with E-state index in [0.29, 0.717) is 23.8 Å². The largest absolute Gasteiger partial charge is 0.497 e. The van der Waals surface area contributed by atoms with Crippen molar-refractivity contribution in [3.05, 3.63) is 88.9 Å². The van der Waals surface area contributed by atoms with Crippen molar-refractivity contribution in [1.82, 2.24) is 0 Å². The number of methoxy groups -OCH3 is 1. The van der Waals surface area contributed by atoms with Gasteiger partial charge in [0.1, 0.15) is 23.9 Å². The monoisotopic (exact) mass is 440 g/mol. The number of benzene rings is 3. The number of fused-ring (bicyclic) bond motifs is 1. The first-order valence-electron chi connectivity index (χ1n) is 10.0. The summed E-state index contributed by atoms with van der Waals surface area (Å²) in [6.07, 6.45) is -0.378. The molecule has 5 nitrogen and oxygen atoms in total. The first-order chi connectivity index (χ1) is 15.1. The Kier molecular flexibility index (Phi) is 8.19. The quantitative estimate of drug-likeness (QED) is 0.455. The molecule has 0 aliphatic carbocycles. The van der Waals surface area contributed by atoms with Crippen LogP contribution >= 0.6 is 11.6 Å². The summed E-state index contributed by atoms with van der Waals surface area (Å²) >= 11 is 6.10. The number of ether oxygens (including phenoxy) is 4. The van der Waals surface area contributed by atoms with Gasteiger partial charge >= 0.3 is 5.97 Å². The summed E-state index contributed by atoms with van der Waals surface area (Å²) in [7, 11) is 1.61. The molecule has 162 valence electrons. The smallest absolute Gasteiger partial charge is 0.347 e. The highest BCUT2D eigenvalue weighted by atomic mass is 35.5. The summed E-state index contributed by atoms with van der Waals surface area (Å²) < 4.78 is 21.1. The Morgan fingerprint density at radius 1 is 1.03 bits per heavy atom. The van der Waals surface area contributed by atoms with Crippen LogP contribution in [-0.2, 0) is 22.6 Å². The first-order valence-corrected chi connectivity index (χ1v) is 10.4. The minimum absolute atomic E-state index is 0.295. The van der Waals surface area contributed by atoms with Crippen LogP contribution in [0.4, 0.5) is 0 Å². The molecule has 1 atom stereocenters. The van der Waals surface area contributed by atoms with Gasteiger partial charge in [-0.05, 0) is 42.8 Å². The fourth-order valence-corrected chi connectivity index (χ4v) is 3.10. The van der Waals surface area contributed by atoms with Crippen molar-refractivity contribution >= 4 is 17.6 Å². The third kappa shape index (κ3) is 6.40. The second kappa shape index (κ2) is 11.3. The van der Waals surface area contributed by atoms with Gasteiger partial charge in [-0.15, -0.1) is 0 Å². The molecule has 1 aliphatic rings. The molecular formula is C25H25ClO5. The fourth-order valence-electron chi connectivity index (χ4n) is 2.92. The highest BCUT2D eigenvalue weighted by molar-refractivity contribution is 6.32. The average molecular weight is 441 g/mol. The average Bonchev–Trinajstić information content (AvgIpc) is 2.77. The molecule has 3 aromatic rings. The molecule has 0 amide bonds. The van der Waals surface area contributed by atoms with Crippen LogP contribution in [0.1, 0.15) is 18.1 Å². The Morgan fingerprint density at radius 3 is 2.29 bits per heavy atom. The lowest BCUT2D eigenvalue weighted by Crippen LogP contribution is -2.31. The van der Waals surface area contributed by atoms with E-state index in [1.54, 1.807) is 38.3 Å². The van der Waals surface area contributed by atoms with E-state index in [4.69, 9.17) is 30.5 Å². The van der Waals surface area contributed by atoms with Crippen LogP contribution in [0.15, 0.2) is 72.8 Å². The topological polar surface area (TPSA) is 54.0 Å². The van der Waals surface area contributed by atoms with Crippen LogP contribution in [-0.4, -0.2) is 25.8 Å². The van der Waals surface area contributed by atoms with Crippen LogP contribution in [0.5, 0.6) is 17.2 Å². The molecular weight excluding hydrogens is 416 g/mol. The van der Waals surface area contributed by atoms with Gasteiger partial charge in [-0.2, -0.15) is 0 Å². The van der Waals surface area contributed by atoms with E-state index in [9.17, 15) is 4.79 Å². The van der Waals surface area contributed by atoms with E-state index in [1.165, 1.54) is 5.56 Å². The molecule has 31 heavy (non-hydrogen) atoms. The molecule has 4 rings (SSSR count). The predicted octanol–water partition coefficient (Wildman–Crippen LogP) is 5.48. The second-order valence-corrected chi connectivity index (χ2v) is 7.14. The van der Waals surface area contributed by atoms with Gasteiger partial charge in [0.25, 0.3) is 0 Å². The Morgan fingerprint density at radius 2 is 1.74 bits per heavy atom. The summed E-state index contributed by atoms with van der Waals surface area (Å²) in [5.74, 6) is 1.85. The van der Waals surface area contributed by atoms with Crippen molar-refractivity contribution in [2.24, 2.45) is 0 Å². The van der Waals surface area contributed by atoms with Crippen LogP contribution in [0.2, 0.25) is 5.02 Å². The van der Waals surface area contributed by atoms with Crippen LogP contribution in [0, 0.1) is 0 Å². The third-order valence-corrected chi connectivity index (χ3v) is 4.90. The highest BCUT2D eigenvalue weighted by Gasteiger charge is 2.23. The summed E-state index contributed by atoms with van der Waals surface area (Å²) in [5.41, 5.74) is 2.27. The summed E-state index contributed by atoms with van der Waals surface area (Å²) in [5, 5.41) is 0.455. The van der Waals surface area contributed by atoms with Crippen molar-refractivity contribution < 1.29 is 23.7 Å². The SMILES string of the molecule is CCOC(=O)C(Cc1ccc(OC)cc1)Oc1ccccc1Cl.c1ccc2c(c1)CO2. The van der Waals surface area contributed by atoms with Gasteiger partial charge in [0.15, 0.2) is 6.10 Å². The Labute approximate surface area is 187 Å². The number of hydrogen-bond acceptors (Lipinski definition) is 5. The molecule has 1 aliphatic heterocycles. The molecule has 0 fully saturated rings. The lowest BCUT2D eigenvalue weighted by atomic mass is 10.1. The molecule has 0 N–H and O–H groups in total. The normalized spacial score (nSPS) is 12.1. The molecule has 0 spiro atoms. The van der Waals surface area contributed by atoms with Crippen molar-refractivity contribution in [2.45, 2.75) is 26.1 Å². The van der Waals surface area contributed by atoms with Gasteiger partial charge in [-0.3, -0.25) is 0 Å². The molecule has 3 aromatic carbocycles. The van der Waals surface area contributed by atoms with Crippen LogP contribution in [0.25, 0.3) is 0 Å². The number of rotatable bonds is 7. The molecule has 0 saturated carbocycles. The molecule has 0 bridgehead atoms. The molecule has 1 unspecified atom stereocenters. The van der Waals surface area contributed by atoms with Gasteiger partial charge in [-0.1, -0.05) is 54.1 Å². The van der Waals surface area contributed by atoms with Gasteiger partial charge in [0.05, 0.1) is 18.7 Å². The van der Waals surface area contributed by atoms with Gasteiger partial charge in [-0.25, -0.2) is 4.79 Å². The van der Waals surface area contributed by atoms with Crippen LogP contribution < -0.4 is 14.2 Å². The van der Waals surface area contributed by atoms with E-state index in [1.807, 2.05) is 42.5 Å². The number of hydrogen-bond donors (Lipinski definition) is 0. The fraction of sp³-hybridized carbons (Fsp3) is 0.240. The number of carbonyl (C=O) groups is 1. The summed E-state index contributed by atoms with van der Waals surface area (Å²) in [6, 6.07) is 22.6. The number of esters is 1. The van der Waals surface area contributed by atoms with Gasteiger partial charge < -0.3 is 18.9 Å². The highest BCUT2D eigenvalue weighted by Crippen LogP contribution is 2.27. The lowest BCUT2D eigenvalue weighted by Gasteiger charge is -2.18. The summed E-state index contributed by atoms with van der Waals surface area (Å²) in [4.78, 5) is 12.2. The molecule has 0 radical (unpaired) electrons. The standard InChI is InChI=1S/C18H19ClO4.C7H6O/c1-3-22-18(20)17(23-16-7-5-4-6-15(16)19)12-13-8-10-14(21-2)11-9-13;1-2-4-7-6(3-1)5-8-7/h4-11,17H,3,12H2,1-2H3;1-4H,5H2. The number of halogens is 1. The van der Waals surface area contributed by atoms with E-state index < -0.39 is 12.1 Å². The third-order valence-electron chi connectivity index (χ3n) is 4.59. The maximum absolute atomic E-state index is 12.2. The molecule has 0 aromatic heterocycles. The van der Waals surface area contributed by atoms with Crippen molar-refractivity contribution in [3.8, 4) is 17.2 Å². The van der Waals surface area contributed by atoms with E-state index in [2.05, 4.69) is 6.07 Å². The zero-order valence-corrected chi connectivity index (χ0v) is 18.3. The second-order valence-electron chi connectivity index (χ2n) is 6.74. The Bertz CT molecular complexity index is 964. The maximum Gasteiger partial charge on any atom is 0.347 e.